The van der Waals surface area contributed by atoms with Gasteiger partial charge in [0.25, 0.3) is 0 Å². The zero-order chi connectivity index (χ0) is 16.5. The van der Waals surface area contributed by atoms with E-state index >= 15 is 0 Å². The molecule has 0 aliphatic heterocycles. The number of hydrogen-bond acceptors (Lipinski definition) is 2. The molecule has 3 unspecified atom stereocenters. The van der Waals surface area contributed by atoms with E-state index in [9.17, 15) is 5.11 Å². The average molecular weight is 318 g/mol. The number of aliphatic imine (C=N–C) groups is 1. The first-order valence-electron chi connectivity index (χ1n) is 8.57. The van der Waals surface area contributed by atoms with Gasteiger partial charge in [-0.05, 0) is 36.4 Å². The maximum Gasteiger partial charge on any atom is 0.123 e. The summed E-state index contributed by atoms with van der Waals surface area (Å²) in [6, 6.07) is 4.60. The molecule has 0 aromatic heterocycles. The normalized spacial score (nSPS) is 26.5. The lowest BCUT2D eigenvalue weighted by Gasteiger charge is -2.31. The fourth-order valence-corrected chi connectivity index (χ4v) is 4.93. The standard InChI is InChI=1S/C19H31NOSi/c1-13-10-16(19(21)18(11-13)22(4,5)6)12-20-17-9-7-8-14(2)15(17)3/h10-12,14-15,17,21H,7-9H2,1-6H3. The molecular weight excluding hydrogens is 286 g/mol. The van der Waals surface area contributed by atoms with Gasteiger partial charge in [-0.25, -0.2) is 0 Å². The Morgan fingerprint density at radius 1 is 1.18 bits per heavy atom. The molecule has 1 N–H and O–H groups in total. The Morgan fingerprint density at radius 2 is 1.86 bits per heavy atom. The van der Waals surface area contributed by atoms with Crippen molar-refractivity contribution < 1.29 is 5.11 Å². The molecule has 22 heavy (non-hydrogen) atoms. The van der Waals surface area contributed by atoms with Gasteiger partial charge < -0.3 is 5.11 Å². The van der Waals surface area contributed by atoms with Crippen molar-refractivity contribution in [2.45, 2.75) is 65.7 Å². The van der Waals surface area contributed by atoms with Crippen molar-refractivity contribution in [2.24, 2.45) is 16.8 Å². The molecule has 1 aromatic carbocycles. The summed E-state index contributed by atoms with van der Waals surface area (Å²) in [5.41, 5.74) is 2.10. The highest BCUT2D eigenvalue weighted by atomic mass is 28.3. The molecule has 1 saturated carbocycles. The summed E-state index contributed by atoms with van der Waals surface area (Å²) in [4.78, 5) is 4.84. The fourth-order valence-electron chi connectivity index (χ4n) is 3.42. The number of aromatic hydroxyl groups is 1. The second kappa shape index (κ2) is 6.57. The zero-order valence-electron chi connectivity index (χ0n) is 15.0. The lowest BCUT2D eigenvalue weighted by molar-refractivity contribution is 0.242. The van der Waals surface area contributed by atoms with Gasteiger partial charge >= 0.3 is 0 Å². The Hall–Kier alpha value is -1.09. The van der Waals surface area contributed by atoms with E-state index in [0.717, 1.165) is 16.7 Å². The molecule has 1 aliphatic carbocycles. The molecular formula is C19H31NOSi. The van der Waals surface area contributed by atoms with Gasteiger partial charge in [-0.1, -0.05) is 58.0 Å². The smallest absolute Gasteiger partial charge is 0.123 e. The highest BCUT2D eigenvalue weighted by molar-refractivity contribution is 6.89. The molecule has 1 aromatic rings. The SMILES string of the molecule is Cc1cc(C=NC2CCCC(C)C2C)c(O)c([Si](C)(C)C)c1. The van der Waals surface area contributed by atoms with Crippen LogP contribution in [0.2, 0.25) is 19.6 Å². The Morgan fingerprint density at radius 3 is 2.50 bits per heavy atom. The van der Waals surface area contributed by atoms with Crippen LogP contribution in [0, 0.1) is 18.8 Å². The lowest BCUT2D eigenvalue weighted by Crippen LogP contribution is -2.38. The van der Waals surface area contributed by atoms with Crippen LogP contribution in [0.3, 0.4) is 0 Å². The number of nitrogens with zero attached hydrogens (tertiary/aromatic N) is 1. The van der Waals surface area contributed by atoms with Crippen molar-refractivity contribution in [1.82, 2.24) is 0 Å². The van der Waals surface area contributed by atoms with Gasteiger partial charge in [0.15, 0.2) is 0 Å². The van der Waals surface area contributed by atoms with Gasteiger partial charge in [0.05, 0.1) is 14.1 Å². The highest BCUT2D eigenvalue weighted by Crippen LogP contribution is 2.31. The van der Waals surface area contributed by atoms with Crippen LogP contribution >= 0.6 is 0 Å². The van der Waals surface area contributed by atoms with Crippen molar-refractivity contribution in [3.05, 3.63) is 23.3 Å². The largest absolute Gasteiger partial charge is 0.507 e. The van der Waals surface area contributed by atoms with Gasteiger partial charge in [0.2, 0.25) is 0 Å². The van der Waals surface area contributed by atoms with Crippen LogP contribution in [0.5, 0.6) is 5.75 Å². The van der Waals surface area contributed by atoms with Gasteiger partial charge in [-0.15, -0.1) is 0 Å². The first-order valence-corrected chi connectivity index (χ1v) is 12.1. The third kappa shape index (κ3) is 3.81. The maximum absolute atomic E-state index is 10.6. The number of aryl methyl sites for hydroxylation is 1. The Balaban J connectivity index is 2.29. The minimum atomic E-state index is -1.55. The van der Waals surface area contributed by atoms with E-state index in [2.05, 4.69) is 52.5 Å². The Labute approximate surface area is 136 Å². The molecule has 0 saturated heterocycles. The average Bonchev–Trinajstić information content (AvgIpc) is 2.42. The van der Waals surface area contributed by atoms with Crippen molar-refractivity contribution >= 4 is 19.5 Å². The molecule has 1 fully saturated rings. The van der Waals surface area contributed by atoms with Crippen molar-refractivity contribution in [1.29, 1.82) is 0 Å². The lowest BCUT2D eigenvalue weighted by atomic mass is 9.78. The first kappa shape index (κ1) is 17.3. The van der Waals surface area contributed by atoms with Crippen LogP contribution in [0.4, 0.5) is 0 Å². The summed E-state index contributed by atoms with van der Waals surface area (Å²) in [6.07, 6.45) is 5.69. The van der Waals surface area contributed by atoms with Crippen LogP contribution in [0.15, 0.2) is 17.1 Å². The minimum Gasteiger partial charge on any atom is -0.507 e. The minimum absolute atomic E-state index is 0.402. The summed E-state index contributed by atoms with van der Waals surface area (Å²) in [5.74, 6) is 1.83. The zero-order valence-corrected chi connectivity index (χ0v) is 16.0. The third-order valence-electron chi connectivity index (χ3n) is 5.16. The molecule has 2 rings (SSSR count). The van der Waals surface area contributed by atoms with Gasteiger partial charge in [0, 0.05) is 11.8 Å². The summed E-state index contributed by atoms with van der Waals surface area (Å²) in [6.45, 7) is 13.6. The van der Waals surface area contributed by atoms with Gasteiger partial charge in [-0.2, -0.15) is 0 Å². The number of phenolic OH excluding ortho intramolecular Hbond substituents is 1. The summed E-state index contributed by atoms with van der Waals surface area (Å²) >= 11 is 0. The van der Waals surface area contributed by atoms with Gasteiger partial charge in [-0.3, -0.25) is 4.99 Å². The number of benzene rings is 1. The van der Waals surface area contributed by atoms with Crippen LogP contribution in [-0.4, -0.2) is 25.4 Å². The molecule has 0 amide bonds. The third-order valence-corrected chi connectivity index (χ3v) is 7.16. The fraction of sp³-hybridized carbons (Fsp3) is 0.632. The molecule has 2 nitrogen and oxygen atoms in total. The molecule has 1 aliphatic rings. The molecule has 3 atom stereocenters. The highest BCUT2D eigenvalue weighted by Gasteiger charge is 2.26. The van der Waals surface area contributed by atoms with E-state index in [-0.39, 0.29) is 0 Å². The number of hydrogen-bond donors (Lipinski definition) is 1. The number of rotatable bonds is 3. The van der Waals surface area contributed by atoms with E-state index in [4.69, 9.17) is 4.99 Å². The predicted octanol–water partition coefficient (Wildman–Crippen LogP) is 4.49. The summed E-state index contributed by atoms with van der Waals surface area (Å²) in [7, 11) is -1.55. The molecule has 0 heterocycles. The second-order valence-electron chi connectivity index (χ2n) is 8.11. The van der Waals surface area contributed by atoms with E-state index in [1.54, 1.807) is 0 Å². The van der Waals surface area contributed by atoms with E-state index < -0.39 is 8.07 Å². The molecule has 0 spiro atoms. The van der Waals surface area contributed by atoms with Crippen LogP contribution in [-0.2, 0) is 0 Å². The molecule has 122 valence electrons. The van der Waals surface area contributed by atoms with Crippen LogP contribution in [0.25, 0.3) is 0 Å². The maximum atomic E-state index is 10.6. The number of phenols is 1. The topological polar surface area (TPSA) is 32.6 Å². The van der Waals surface area contributed by atoms with Crippen LogP contribution < -0.4 is 5.19 Å². The van der Waals surface area contributed by atoms with Crippen molar-refractivity contribution in [2.75, 3.05) is 0 Å². The Kier molecular flexibility index (Phi) is 5.16. The van der Waals surface area contributed by atoms with E-state index in [1.807, 2.05) is 6.21 Å². The summed E-state index contributed by atoms with van der Waals surface area (Å²) < 4.78 is 0. The first-order chi connectivity index (χ1) is 10.2. The summed E-state index contributed by atoms with van der Waals surface area (Å²) in [5, 5.41) is 11.8. The molecule has 0 radical (unpaired) electrons. The van der Waals surface area contributed by atoms with Gasteiger partial charge in [0.1, 0.15) is 5.75 Å². The monoisotopic (exact) mass is 317 g/mol. The molecule has 0 bridgehead atoms. The van der Waals surface area contributed by atoms with E-state index in [1.165, 1.54) is 24.8 Å². The van der Waals surface area contributed by atoms with E-state index in [0.29, 0.717) is 17.7 Å². The quantitative estimate of drug-likeness (QED) is 0.646. The Bertz CT molecular complexity index is 559. The second-order valence-corrected chi connectivity index (χ2v) is 13.2. The van der Waals surface area contributed by atoms with Crippen LogP contribution in [0.1, 0.15) is 44.2 Å². The predicted molar refractivity (Wildman–Crippen MR) is 99.4 cm³/mol. The molecule has 3 heteroatoms. The van der Waals surface area contributed by atoms with Crippen molar-refractivity contribution in [3.63, 3.8) is 0 Å². The van der Waals surface area contributed by atoms with Crippen molar-refractivity contribution in [3.8, 4) is 5.75 Å².